The van der Waals surface area contributed by atoms with Gasteiger partial charge in [-0.15, -0.1) is 0 Å². The van der Waals surface area contributed by atoms with Gasteiger partial charge in [-0.1, -0.05) is 30.3 Å². The Morgan fingerprint density at radius 2 is 1.92 bits per heavy atom. The van der Waals surface area contributed by atoms with Crippen LogP contribution in [0, 0.1) is 17.1 Å². The minimum atomic E-state index is -0.589. The van der Waals surface area contributed by atoms with E-state index in [4.69, 9.17) is 14.7 Å². The fourth-order valence-electron chi connectivity index (χ4n) is 1.97. The van der Waals surface area contributed by atoms with Crippen molar-refractivity contribution in [3.8, 4) is 23.4 Å². The summed E-state index contributed by atoms with van der Waals surface area (Å²) < 4.78 is 24.6. The zero-order chi connectivity index (χ0) is 16.8. The maximum Gasteiger partial charge on any atom is 0.255 e. The Morgan fingerprint density at radius 3 is 2.67 bits per heavy atom. The van der Waals surface area contributed by atoms with Crippen LogP contribution in [-0.4, -0.2) is 9.97 Å². The highest BCUT2D eigenvalue weighted by Crippen LogP contribution is 2.27. The van der Waals surface area contributed by atoms with E-state index in [0.717, 1.165) is 5.56 Å². The van der Waals surface area contributed by atoms with Crippen molar-refractivity contribution < 1.29 is 13.9 Å². The van der Waals surface area contributed by atoms with E-state index in [9.17, 15) is 4.39 Å². The summed E-state index contributed by atoms with van der Waals surface area (Å²) >= 11 is 0. The van der Waals surface area contributed by atoms with Crippen LogP contribution < -0.4 is 9.47 Å². The van der Waals surface area contributed by atoms with Crippen LogP contribution in [0.2, 0.25) is 0 Å². The smallest absolute Gasteiger partial charge is 0.255 e. The van der Waals surface area contributed by atoms with E-state index >= 15 is 0 Å². The van der Waals surface area contributed by atoms with E-state index < -0.39 is 5.82 Å². The summed E-state index contributed by atoms with van der Waals surface area (Å²) in [5.41, 5.74) is 1.07. The third-order valence-electron chi connectivity index (χ3n) is 3.11. The zero-order valence-electron chi connectivity index (χ0n) is 12.5. The normalized spacial score (nSPS) is 10.0. The molecular weight excluding hydrogens is 309 g/mol. The molecule has 3 aromatic rings. The first-order valence-electron chi connectivity index (χ1n) is 7.11. The van der Waals surface area contributed by atoms with Gasteiger partial charge in [0.05, 0.1) is 6.20 Å². The number of benzene rings is 1. The van der Waals surface area contributed by atoms with Crippen LogP contribution in [0.5, 0.6) is 17.4 Å². The summed E-state index contributed by atoms with van der Waals surface area (Å²) in [7, 11) is 0. The highest BCUT2D eigenvalue weighted by Gasteiger charge is 2.11. The van der Waals surface area contributed by atoms with Crippen LogP contribution in [0.1, 0.15) is 11.3 Å². The van der Waals surface area contributed by atoms with Crippen molar-refractivity contribution in [2.24, 2.45) is 0 Å². The Kier molecular flexibility index (Phi) is 4.63. The molecule has 0 saturated heterocycles. The molecule has 0 amide bonds. The minimum absolute atomic E-state index is 0.125. The van der Waals surface area contributed by atoms with Gasteiger partial charge >= 0.3 is 0 Å². The number of aromatic nitrogens is 2. The molecule has 0 aliphatic heterocycles. The van der Waals surface area contributed by atoms with Crippen molar-refractivity contribution in [3.05, 3.63) is 78.0 Å². The van der Waals surface area contributed by atoms with Crippen LogP contribution in [0.4, 0.5) is 4.39 Å². The van der Waals surface area contributed by atoms with Crippen LogP contribution in [0.3, 0.4) is 0 Å². The predicted molar refractivity (Wildman–Crippen MR) is 84.0 cm³/mol. The molecule has 0 atom stereocenters. The molecule has 0 unspecified atom stereocenters. The van der Waals surface area contributed by atoms with Crippen molar-refractivity contribution >= 4 is 0 Å². The molecule has 0 N–H and O–H groups in total. The zero-order valence-corrected chi connectivity index (χ0v) is 12.5. The van der Waals surface area contributed by atoms with E-state index in [0.29, 0.717) is 0 Å². The van der Waals surface area contributed by atoms with Crippen molar-refractivity contribution in [1.82, 2.24) is 9.97 Å². The molecule has 2 heterocycles. The first-order valence-corrected chi connectivity index (χ1v) is 7.11. The number of nitrogens with zero attached hydrogens (tertiary/aromatic N) is 3. The average molecular weight is 321 g/mol. The molecule has 118 valence electrons. The molecule has 2 aromatic heterocycles. The Balaban J connectivity index is 1.80. The molecule has 0 radical (unpaired) electrons. The number of hydrogen-bond acceptors (Lipinski definition) is 5. The Bertz CT molecular complexity index is 879. The van der Waals surface area contributed by atoms with E-state index in [2.05, 4.69) is 9.97 Å². The third-order valence-corrected chi connectivity index (χ3v) is 3.11. The second kappa shape index (κ2) is 7.20. The molecule has 0 saturated carbocycles. The lowest BCUT2D eigenvalue weighted by Gasteiger charge is -2.10. The molecule has 0 fully saturated rings. The topological polar surface area (TPSA) is 68.0 Å². The number of nitriles is 1. The van der Waals surface area contributed by atoms with Crippen molar-refractivity contribution in [2.75, 3.05) is 0 Å². The molecule has 0 spiro atoms. The highest BCUT2D eigenvalue weighted by atomic mass is 19.1. The van der Waals surface area contributed by atoms with E-state index in [1.54, 1.807) is 0 Å². The predicted octanol–water partition coefficient (Wildman–Crippen LogP) is 3.86. The van der Waals surface area contributed by atoms with Crippen LogP contribution in [-0.2, 0) is 6.61 Å². The van der Waals surface area contributed by atoms with Gasteiger partial charge in [-0.2, -0.15) is 5.26 Å². The largest absolute Gasteiger partial charge is 0.486 e. The number of halogens is 1. The minimum Gasteiger partial charge on any atom is -0.486 e. The molecule has 0 bridgehead atoms. The molecule has 6 heteroatoms. The van der Waals surface area contributed by atoms with Crippen LogP contribution >= 0.6 is 0 Å². The van der Waals surface area contributed by atoms with Gasteiger partial charge in [0.25, 0.3) is 5.88 Å². The fourth-order valence-corrected chi connectivity index (χ4v) is 1.97. The lowest BCUT2D eigenvalue weighted by Crippen LogP contribution is -2.00. The van der Waals surface area contributed by atoms with E-state index in [1.165, 1.54) is 30.6 Å². The van der Waals surface area contributed by atoms with Crippen LogP contribution in [0.25, 0.3) is 0 Å². The quantitative estimate of drug-likeness (QED) is 0.714. The number of hydrogen-bond donors (Lipinski definition) is 0. The highest BCUT2D eigenvalue weighted by molar-refractivity contribution is 5.42. The van der Waals surface area contributed by atoms with Gasteiger partial charge in [0, 0.05) is 12.3 Å². The van der Waals surface area contributed by atoms with Gasteiger partial charge < -0.3 is 9.47 Å². The molecular formula is C18H12FN3O2. The molecule has 1 aromatic carbocycles. The van der Waals surface area contributed by atoms with Crippen LogP contribution in [0.15, 0.2) is 60.9 Å². The molecule has 0 aliphatic rings. The maximum atomic E-state index is 13.6. The molecule has 5 nitrogen and oxygen atoms in total. The van der Waals surface area contributed by atoms with Gasteiger partial charge in [-0.3, -0.25) is 0 Å². The molecule has 24 heavy (non-hydrogen) atoms. The maximum absolute atomic E-state index is 13.6. The van der Waals surface area contributed by atoms with E-state index in [1.807, 2.05) is 36.4 Å². The fraction of sp³-hybridized carbons (Fsp3) is 0.0556. The number of pyridine rings is 2. The summed E-state index contributed by atoms with van der Waals surface area (Å²) in [6.07, 6.45) is 2.74. The number of rotatable bonds is 5. The van der Waals surface area contributed by atoms with Gasteiger partial charge in [-0.25, -0.2) is 14.4 Å². The second-order valence-electron chi connectivity index (χ2n) is 4.80. The number of ether oxygens (including phenoxy) is 2. The van der Waals surface area contributed by atoms with Gasteiger partial charge in [0.15, 0.2) is 23.0 Å². The standard InChI is InChI=1S/C18H12FN3O2/c19-15-7-4-8-21-18(15)24-14-9-17(16(10-20)22-11-14)23-12-13-5-2-1-3-6-13/h1-9,11H,12H2. The van der Waals surface area contributed by atoms with Crippen molar-refractivity contribution in [3.63, 3.8) is 0 Å². The summed E-state index contributed by atoms with van der Waals surface area (Å²) in [5.74, 6) is -0.267. The summed E-state index contributed by atoms with van der Waals surface area (Å²) in [5, 5.41) is 9.13. The van der Waals surface area contributed by atoms with Gasteiger partial charge in [0.1, 0.15) is 12.7 Å². The SMILES string of the molecule is N#Cc1ncc(Oc2ncccc2F)cc1OCc1ccccc1. The summed E-state index contributed by atoms with van der Waals surface area (Å²) in [4.78, 5) is 7.78. The third kappa shape index (κ3) is 3.65. The Morgan fingerprint density at radius 1 is 1.08 bits per heavy atom. The van der Waals surface area contributed by atoms with E-state index in [-0.39, 0.29) is 29.7 Å². The van der Waals surface area contributed by atoms with Crippen molar-refractivity contribution in [2.45, 2.75) is 6.61 Å². The lowest BCUT2D eigenvalue weighted by atomic mass is 10.2. The second-order valence-corrected chi connectivity index (χ2v) is 4.80. The van der Waals surface area contributed by atoms with Gasteiger partial charge in [-0.05, 0) is 17.7 Å². The first kappa shape index (κ1) is 15.4. The molecule has 3 rings (SSSR count). The Labute approximate surface area is 137 Å². The van der Waals surface area contributed by atoms with Gasteiger partial charge in [0.2, 0.25) is 0 Å². The lowest BCUT2D eigenvalue weighted by molar-refractivity contribution is 0.301. The summed E-state index contributed by atoms with van der Waals surface area (Å²) in [6.45, 7) is 0.276. The first-order chi connectivity index (χ1) is 11.8. The van der Waals surface area contributed by atoms with Crippen molar-refractivity contribution in [1.29, 1.82) is 5.26 Å². The summed E-state index contributed by atoms with van der Waals surface area (Å²) in [6, 6.07) is 15.7. The monoisotopic (exact) mass is 321 g/mol. The molecule has 0 aliphatic carbocycles. The average Bonchev–Trinajstić information content (AvgIpc) is 2.63. The Hall–Kier alpha value is -3.46.